The van der Waals surface area contributed by atoms with E-state index in [0.29, 0.717) is 33.4 Å². The topological polar surface area (TPSA) is 118 Å². The van der Waals surface area contributed by atoms with Gasteiger partial charge in [0, 0.05) is 24.0 Å². The Hall–Kier alpha value is -4.05. The molecule has 0 spiro atoms. The van der Waals surface area contributed by atoms with Gasteiger partial charge in [0.1, 0.15) is 9.71 Å². The number of urea groups is 1. The first-order valence-electron chi connectivity index (χ1n) is 9.26. The van der Waals surface area contributed by atoms with Gasteiger partial charge in [-0.2, -0.15) is 0 Å². The fraction of sp³-hybridized carbons (Fsp3) is 0.0952. The molecule has 0 saturated carbocycles. The highest BCUT2D eigenvalue weighted by Crippen LogP contribution is 2.46. The van der Waals surface area contributed by atoms with Gasteiger partial charge in [-0.25, -0.2) is 24.5 Å². The van der Waals surface area contributed by atoms with E-state index in [-0.39, 0.29) is 10.6 Å². The second-order valence-electron chi connectivity index (χ2n) is 6.92. The molecule has 31 heavy (non-hydrogen) atoms. The van der Waals surface area contributed by atoms with E-state index in [9.17, 15) is 14.7 Å². The lowest BCUT2D eigenvalue weighted by Crippen LogP contribution is -2.34. The molecule has 4 aromatic heterocycles. The van der Waals surface area contributed by atoms with E-state index in [2.05, 4.69) is 20.3 Å². The van der Waals surface area contributed by atoms with Crippen molar-refractivity contribution in [3.63, 3.8) is 0 Å². The third-order valence-corrected chi connectivity index (χ3v) is 5.90. The Morgan fingerprint density at radius 3 is 2.74 bits per heavy atom. The van der Waals surface area contributed by atoms with Crippen LogP contribution in [0.1, 0.15) is 20.9 Å². The van der Waals surface area contributed by atoms with Crippen LogP contribution >= 0.6 is 11.3 Å². The first-order chi connectivity index (χ1) is 14.9. The van der Waals surface area contributed by atoms with Crippen LogP contribution in [0.25, 0.3) is 10.2 Å². The molecule has 0 bridgehead atoms. The van der Waals surface area contributed by atoms with Crippen molar-refractivity contribution in [1.82, 2.24) is 15.0 Å². The number of carboxylic acid groups (broad SMARTS) is 1. The van der Waals surface area contributed by atoms with Gasteiger partial charge < -0.3 is 15.2 Å². The van der Waals surface area contributed by atoms with Crippen molar-refractivity contribution in [3.05, 3.63) is 58.9 Å². The molecule has 5 heterocycles. The van der Waals surface area contributed by atoms with Gasteiger partial charge in [-0.1, -0.05) is 6.07 Å². The molecule has 154 valence electrons. The van der Waals surface area contributed by atoms with E-state index in [1.54, 1.807) is 30.6 Å². The highest BCUT2D eigenvalue weighted by molar-refractivity contribution is 7.21. The summed E-state index contributed by atoms with van der Waals surface area (Å²) in [6.45, 7) is 3.71. The highest BCUT2D eigenvalue weighted by atomic mass is 32.1. The number of nitrogens with zero attached hydrogens (tertiary/aromatic N) is 4. The number of pyridine rings is 3. The Kier molecular flexibility index (Phi) is 4.29. The number of thiophene rings is 1. The zero-order valence-electron chi connectivity index (χ0n) is 16.4. The molecular formula is C21H15N5O4S. The molecule has 2 amide bonds. The number of carboxylic acids is 1. The zero-order chi connectivity index (χ0) is 21.7. The maximum absolute atomic E-state index is 13.0. The summed E-state index contributed by atoms with van der Waals surface area (Å²) in [5.41, 5.74) is 2.93. The molecule has 10 heteroatoms. The number of nitrogens with one attached hydrogen (secondary N) is 1. The number of amides is 2. The lowest BCUT2D eigenvalue weighted by molar-refractivity contribution is 0.0703. The number of carbonyl (C=O) groups is 2. The predicted molar refractivity (Wildman–Crippen MR) is 116 cm³/mol. The number of ether oxygens (including phenoxy) is 1. The summed E-state index contributed by atoms with van der Waals surface area (Å²) in [5.74, 6) is -0.335. The summed E-state index contributed by atoms with van der Waals surface area (Å²) < 4.78 is 5.74. The van der Waals surface area contributed by atoms with Gasteiger partial charge >= 0.3 is 12.0 Å². The number of carbonyl (C=O) groups excluding carboxylic acids is 1. The van der Waals surface area contributed by atoms with E-state index < -0.39 is 12.0 Å². The van der Waals surface area contributed by atoms with Crippen molar-refractivity contribution in [3.8, 4) is 11.8 Å². The number of hydrogen-bond donors (Lipinski definition) is 2. The number of aromatic nitrogens is 3. The molecule has 0 saturated heterocycles. The summed E-state index contributed by atoms with van der Waals surface area (Å²) in [7, 11) is 0. The molecule has 0 aliphatic carbocycles. The maximum atomic E-state index is 13.0. The third kappa shape index (κ3) is 3.13. The van der Waals surface area contributed by atoms with Gasteiger partial charge in [-0.3, -0.25) is 4.90 Å². The average Bonchev–Trinajstić information content (AvgIpc) is 3.09. The van der Waals surface area contributed by atoms with Crippen LogP contribution in [0.3, 0.4) is 0 Å². The van der Waals surface area contributed by atoms with Crippen LogP contribution < -0.4 is 15.0 Å². The summed E-state index contributed by atoms with van der Waals surface area (Å²) in [4.78, 5) is 39.5. The second kappa shape index (κ2) is 7.03. The van der Waals surface area contributed by atoms with Crippen LogP contribution in [-0.4, -0.2) is 32.1 Å². The van der Waals surface area contributed by atoms with E-state index in [0.717, 1.165) is 22.6 Å². The van der Waals surface area contributed by atoms with Crippen LogP contribution in [0.15, 0.2) is 42.7 Å². The van der Waals surface area contributed by atoms with Crippen LogP contribution in [0.4, 0.5) is 21.9 Å². The molecule has 0 fully saturated rings. The van der Waals surface area contributed by atoms with E-state index in [1.807, 2.05) is 26.0 Å². The molecule has 0 atom stereocenters. The Bertz CT molecular complexity index is 1380. The van der Waals surface area contributed by atoms with Crippen LogP contribution in [0.2, 0.25) is 0 Å². The molecular weight excluding hydrogens is 418 g/mol. The number of anilines is 3. The first-order valence-corrected chi connectivity index (χ1v) is 10.1. The molecule has 0 aromatic carbocycles. The van der Waals surface area contributed by atoms with Gasteiger partial charge in [-0.15, -0.1) is 11.3 Å². The quantitative estimate of drug-likeness (QED) is 0.471. The molecule has 2 N–H and O–H groups in total. The lowest BCUT2D eigenvalue weighted by atomic mass is 10.1. The smallest absolute Gasteiger partial charge is 0.348 e. The molecule has 0 radical (unpaired) electrons. The third-order valence-electron chi connectivity index (χ3n) is 4.81. The van der Waals surface area contributed by atoms with Crippen molar-refractivity contribution in [1.29, 1.82) is 0 Å². The summed E-state index contributed by atoms with van der Waals surface area (Å²) >= 11 is 1.02. The Morgan fingerprint density at radius 2 is 2.00 bits per heavy atom. The van der Waals surface area contributed by atoms with E-state index in [1.165, 1.54) is 4.90 Å². The van der Waals surface area contributed by atoms with Crippen molar-refractivity contribution >= 4 is 50.6 Å². The zero-order valence-corrected chi connectivity index (χ0v) is 17.2. The van der Waals surface area contributed by atoms with Crippen LogP contribution in [0, 0.1) is 13.8 Å². The molecule has 9 nitrogen and oxygen atoms in total. The highest BCUT2D eigenvalue weighted by Gasteiger charge is 2.33. The van der Waals surface area contributed by atoms with Gasteiger partial charge in [0.05, 0.1) is 28.6 Å². The normalized spacial score (nSPS) is 12.7. The largest absolute Gasteiger partial charge is 0.477 e. The van der Waals surface area contributed by atoms with Crippen molar-refractivity contribution in [2.45, 2.75) is 13.8 Å². The Morgan fingerprint density at radius 1 is 1.16 bits per heavy atom. The van der Waals surface area contributed by atoms with Crippen LogP contribution in [0.5, 0.6) is 11.8 Å². The molecule has 1 aliphatic rings. The predicted octanol–water partition coefficient (Wildman–Crippen LogP) is 4.88. The SMILES string of the molecule is Cc1cccc(Oc2cc(C)c(N3C(=O)Nc4c(C(=O)O)sc5nccc3c45)cn2)n1. The minimum atomic E-state index is -1.11. The Balaban J connectivity index is 1.57. The monoisotopic (exact) mass is 433 g/mol. The standard InChI is InChI=1S/C21H15N5O4S/c1-10-8-15(30-14-5-3-4-11(2)24-14)23-9-13(10)26-12-6-7-22-19-16(12)17(25-21(26)29)18(31-19)20(27)28/h3-9H,1-2H3,(H,25,29)(H,27,28). The number of hydrogen-bond acceptors (Lipinski definition) is 7. The van der Waals surface area contributed by atoms with Crippen molar-refractivity contribution in [2.75, 3.05) is 10.2 Å². The van der Waals surface area contributed by atoms with Gasteiger partial charge in [0.2, 0.25) is 11.8 Å². The fourth-order valence-corrected chi connectivity index (χ4v) is 4.43. The second-order valence-corrected chi connectivity index (χ2v) is 7.91. The summed E-state index contributed by atoms with van der Waals surface area (Å²) in [6, 6.07) is 8.38. The number of rotatable bonds is 4. The summed E-state index contributed by atoms with van der Waals surface area (Å²) in [6.07, 6.45) is 3.10. The minimum absolute atomic E-state index is 0.0483. The van der Waals surface area contributed by atoms with E-state index >= 15 is 0 Å². The maximum Gasteiger partial charge on any atom is 0.348 e. The fourth-order valence-electron chi connectivity index (χ4n) is 3.47. The van der Waals surface area contributed by atoms with Crippen LogP contribution in [-0.2, 0) is 0 Å². The first kappa shape index (κ1) is 18.9. The van der Waals surface area contributed by atoms with Gasteiger partial charge in [0.25, 0.3) is 0 Å². The van der Waals surface area contributed by atoms with E-state index in [4.69, 9.17) is 4.74 Å². The molecule has 5 rings (SSSR count). The lowest BCUT2D eigenvalue weighted by Gasteiger charge is -2.29. The van der Waals surface area contributed by atoms with Crippen molar-refractivity contribution < 1.29 is 19.4 Å². The molecule has 0 unspecified atom stereocenters. The minimum Gasteiger partial charge on any atom is -0.477 e. The Labute approximate surface area is 180 Å². The number of aromatic carboxylic acids is 1. The van der Waals surface area contributed by atoms with Gasteiger partial charge in [0.15, 0.2) is 0 Å². The van der Waals surface area contributed by atoms with Gasteiger partial charge in [-0.05, 0) is 31.5 Å². The average molecular weight is 433 g/mol. The molecule has 1 aliphatic heterocycles. The summed E-state index contributed by atoms with van der Waals surface area (Å²) in [5, 5.41) is 12.8. The molecule has 4 aromatic rings. The number of aryl methyl sites for hydroxylation is 2. The van der Waals surface area contributed by atoms with Crippen molar-refractivity contribution in [2.24, 2.45) is 0 Å².